The number of carbonyl (C=O) groups is 2. The summed E-state index contributed by atoms with van der Waals surface area (Å²) in [5.74, 6) is -0.711. The highest BCUT2D eigenvalue weighted by Crippen LogP contribution is 2.60. The van der Waals surface area contributed by atoms with Crippen molar-refractivity contribution in [2.75, 3.05) is 25.6 Å². The molecule has 0 amide bonds. The molecule has 10 atom stereocenters. The van der Waals surface area contributed by atoms with Gasteiger partial charge in [0, 0.05) is 19.0 Å². The summed E-state index contributed by atoms with van der Waals surface area (Å²) in [5.41, 5.74) is 4.57. The molecular weight excluding hydrogens is 1010 g/mol. The molecule has 1 aromatic heterocycles. The van der Waals surface area contributed by atoms with Crippen molar-refractivity contribution in [3.8, 4) is 0 Å². The molecule has 0 aromatic carbocycles. The van der Waals surface area contributed by atoms with E-state index in [-0.39, 0.29) is 31.5 Å². The largest absolute Gasteiger partial charge is 0.481 e. The molecule has 0 bridgehead atoms. The quantitative estimate of drug-likeness (QED) is 0.0105. The average Bonchev–Trinajstić information content (AvgIpc) is 3.64. The molecule has 75 heavy (non-hydrogen) atoms. The number of rotatable bonds is 44. The topological polar surface area (TPSA) is 306 Å². The molecule has 1 saturated heterocycles. The van der Waals surface area contributed by atoms with E-state index in [9.17, 15) is 53.7 Å². The molecule has 430 valence electrons. The first-order valence-electron chi connectivity index (χ1n) is 27.3. The fourth-order valence-corrected chi connectivity index (χ4v) is 10.1. The highest BCUT2D eigenvalue weighted by Gasteiger charge is 2.46. The van der Waals surface area contributed by atoms with Crippen LogP contribution in [0.3, 0.4) is 0 Å². The maximum absolute atomic E-state index is 12.9. The first-order valence-corrected chi connectivity index (χ1v) is 30.3. The van der Waals surface area contributed by atoms with Gasteiger partial charge in [-0.05, 0) is 50.5 Å². The lowest BCUT2D eigenvalue weighted by Crippen LogP contribution is -2.36. The van der Waals surface area contributed by atoms with Crippen molar-refractivity contribution in [3.05, 3.63) is 71.4 Å². The van der Waals surface area contributed by atoms with E-state index in [2.05, 4.69) is 36.1 Å². The van der Waals surface area contributed by atoms with Crippen molar-refractivity contribution in [1.82, 2.24) is 9.55 Å². The van der Waals surface area contributed by atoms with Gasteiger partial charge in [0.15, 0.2) is 12.3 Å². The molecule has 3 unspecified atom stereocenters. The Kier molecular flexibility index (Phi) is 36.1. The molecule has 2 heterocycles. The van der Waals surface area contributed by atoms with Crippen molar-refractivity contribution in [3.63, 3.8) is 0 Å². The number of aromatic nitrogens is 2. The molecule has 20 nitrogen and oxygen atoms in total. The van der Waals surface area contributed by atoms with E-state index < -0.39 is 95.9 Å². The lowest BCUT2D eigenvalue weighted by Gasteiger charge is -2.21. The monoisotopic (exact) mass is 1100 g/mol. The summed E-state index contributed by atoms with van der Waals surface area (Å²) >= 11 is 0. The maximum Gasteiger partial charge on any atom is 0.481 e. The molecule has 8 N–H and O–H groups in total. The first-order chi connectivity index (χ1) is 35.9. The van der Waals surface area contributed by atoms with Crippen LogP contribution in [0, 0.1) is 5.92 Å². The Hall–Kier alpha value is -3.36. The van der Waals surface area contributed by atoms with Gasteiger partial charge >= 0.3 is 33.3 Å². The average molecular weight is 1100 g/mol. The van der Waals surface area contributed by atoms with Gasteiger partial charge in [-0.15, -0.1) is 0 Å². The maximum atomic E-state index is 12.9. The molecular formula is C53H91N3O17P2. The van der Waals surface area contributed by atoms with Gasteiger partial charge in [0.25, 0.3) is 0 Å². The number of nitrogens with two attached hydrogens (primary N) is 1. The zero-order valence-corrected chi connectivity index (χ0v) is 46.5. The number of anilines is 1. The summed E-state index contributed by atoms with van der Waals surface area (Å²) in [6.45, 7) is 4.22. The van der Waals surface area contributed by atoms with Gasteiger partial charge in [0.2, 0.25) is 0 Å². The fraction of sp³-hybridized carbons (Fsp3) is 0.736. The molecule has 1 aromatic rings. The van der Waals surface area contributed by atoms with E-state index >= 15 is 0 Å². The van der Waals surface area contributed by atoms with Crippen LogP contribution in [0.1, 0.15) is 188 Å². The van der Waals surface area contributed by atoms with Crippen LogP contribution in [0.2, 0.25) is 0 Å². The zero-order chi connectivity index (χ0) is 55.3. The number of aliphatic hydroxyl groups is 4. The minimum Gasteiger partial charge on any atom is -0.462 e. The molecule has 0 aliphatic carbocycles. The number of unbranched alkanes of at least 4 members (excludes halogenated alkanes) is 16. The second kappa shape index (κ2) is 39.9. The standard InChI is InChI=1S/C53H91N3O17P2/c1-4-6-7-8-20-25-31-43(57)32-26-22-23-27-33-44(58)34-29-36-49(60)71-45(39-68-48(59)35-28-21-18-16-14-12-10-9-11-13-15-17-19-24-30-42(3)5-2)40-69-74(64,65)73-75(66,67)70-41-46-50(61)51(62)52(72-46)56-38-37-47(54)55-53(56)63/h20,22-23,25-27,32-33,37-38,42-46,50-52,57-58,61-62H,4-19,21,24,28-31,34-36,39-41H2,1-3H3,(H,64,65)(H,66,67)(H2,54,55,63)/b23-22+,25-20-,32-26+,33-27-/t42?,43-,44-,45+,46+,50+,51+,52+/m0/s1. The number of carbonyl (C=O) groups excluding carboxylic acids is 2. The number of nitrogens with zero attached hydrogens (tertiary/aromatic N) is 2. The van der Waals surface area contributed by atoms with Crippen molar-refractivity contribution in [1.29, 1.82) is 0 Å². The highest BCUT2D eigenvalue weighted by atomic mass is 31.3. The number of allylic oxidation sites excluding steroid dienone is 5. The number of phosphoric acid groups is 2. The van der Waals surface area contributed by atoms with E-state index in [1.807, 2.05) is 6.08 Å². The number of hydrogen-bond donors (Lipinski definition) is 7. The third kappa shape index (κ3) is 32.9. The van der Waals surface area contributed by atoms with Crippen LogP contribution in [-0.2, 0) is 46.3 Å². The van der Waals surface area contributed by atoms with Gasteiger partial charge in [-0.3, -0.25) is 23.2 Å². The van der Waals surface area contributed by atoms with Crippen LogP contribution in [0.25, 0.3) is 0 Å². The molecule has 0 saturated carbocycles. The smallest absolute Gasteiger partial charge is 0.462 e. The van der Waals surface area contributed by atoms with E-state index in [4.69, 9.17) is 29.0 Å². The van der Waals surface area contributed by atoms with Gasteiger partial charge in [0.1, 0.15) is 30.7 Å². The van der Waals surface area contributed by atoms with Crippen LogP contribution in [0.4, 0.5) is 5.82 Å². The number of aliphatic hydroxyl groups excluding tert-OH is 4. The van der Waals surface area contributed by atoms with Crippen LogP contribution in [0.15, 0.2) is 65.7 Å². The molecule has 1 aliphatic heterocycles. The number of ether oxygens (including phenoxy) is 3. The number of hydrogen-bond acceptors (Lipinski definition) is 17. The van der Waals surface area contributed by atoms with Gasteiger partial charge in [-0.25, -0.2) is 13.9 Å². The highest BCUT2D eigenvalue weighted by molar-refractivity contribution is 7.61. The van der Waals surface area contributed by atoms with Crippen molar-refractivity contribution in [2.24, 2.45) is 5.92 Å². The molecule has 0 spiro atoms. The van der Waals surface area contributed by atoms with E-state index in [0.29, 0.717) is 12.8 Å². The van der Waals surface area contributed by atoms with Crippen LogP contribution in [-0.4, -0.2) is 108 Å². The Morgan fingerprint density at radius 1 is 0.747 bits per heavy atom. The second-order valence-electron chi connectivity index (χ2n) is 19.4. The SMILES string of the molecule is CCCCC/C=C\C[C@H](O)/C=C/C=C/C=C\[C@H](O)CCCC(=O)O[C@H](COC(=O)CCCCCCCCCCCCCCCCC(C)CC)COP(=O)(O)OP(=O)(O)OC[C@H]1O[C@@H](n2ccc(N)nc2=O)[C@H](O)[C@@H]1O. The summed E-state index contributed by atoms with van der Waals surface area (Å²) in [6, 6.07) is 1.23. The summed E-state index contributed by atoms with van der Waals surface area (Å²) in [4.78, 5) is 62.0. The normalized spacial score (nSPS) is 20.4. The van der Waals surface area contributed by atoms with E-state index in [1.165, 1.54) is 89.2 Å². The molecule has 22 heteroatoms. The Labute approximate surface area is 445 Å². The first kappa shape index (κ1) is 67.7. The van der Waals surface area contributed by atoms with Gasteiger partial charge in [-0.2, -0.15) is 9.29 Å². The van der Waals surface area contributed by atoms with Gasteiger partial charge in [-0.1, -0.05) is 179 Å². The molecule has 1 fully saturated rings. The van der Waals surface area contributed by atoms with Gasteiger partial charge in [0.05, 0.1) is 25.4 Å². The molecule has 1 aliphatic rings. The predicted octanol–water partition coefficient (Wildman–Crippen LogP) is 9.53. The van der Waals surface area contributed by atoms with Crippen LogP contribution >= 0.6 is 15.6 Å². The van der Waals surface area contributed by atoms with Crippen molar-refractivity contribution in [2.45, 2.75) is 224 Å². The fourth-order valence-electron chi connectivity index (χ4n) is 7.95. The summed E-state index contributed by atoms with van der Waals surface area (Å²) in [5, 5.41) is 41.4. The number of phosphoric ester groups is 2. The summed E-state index contributed by atoms with van der Waals surface area (Å²) in [7, 11) is -11.0. The lowest BCUT2D eigenvalue weighted by molar-refractivity contribution is -0.161. The van der Waals surface area contributed by atoms with Crippen molar-refractivity contribution < 1.29 is 76.5 Å². The second-order valence-corrected chi connectivity index (χ2v) is 22.4. The Morgan fingerprint density at radius 3 is 1.95 bits per heavy atom. The van der Waals surface area contributed by atoms with Gasteiger partial charge < -0.3 is 50.2 Å². The Bertz CT molecular complexity index is 2000. The third-order valence-electron chi connectivity index (χ3n) is 12.6. The van der Waals surface area contributed by atoms with Crippen molar-refractivity contribution >= 4 is 33.4 Å². The Morgan fingerprint density at radius 2 is 1.33 bits per heavy atom. The van der Waals surface area contributed by atoms with Crippen LogP contribution in [0.5, 0.6) is 0 Å². The van der Waals surface area contributed by atoms with E-state index in [1.54, 1.807) is 30.4 Å². The minimum absolute atomic E-state index is 0.0757. The zero-order valence-electron chi connectivity index (χ0n) is 44.7. The summed E-state index contributed by atoms with van der Waals surface area (Å²) in [6.07, 6.45) is 29.5. The molecule has 0 radical (unpaired) electrons. The lowest BCUT2D eigenvalue weighted by atomic mass is 9.99. The van der Waals surface area contributed by atoms with E-state index in [0.717, 1.165) is 61.6 Å². The number of esters is 2. The van der Waals surface area contributed by atoms with Crippen LogP contribution < -0.4 is 11.4 Å². The summed E-state index contributed by atoms with van der Waals surface area (Å²) < 4.78 is 56.7. The minimum atomic E-state index is -5.49. The molecule has 2 rings (SSSR count). The predicted molar refractivity (Wildman–Crippen MR) is 287 cm³/mol. The number of nitrogen functional groups attached to an aromatic ring is 1. The third-order valence-corrected chi connectivity index (χ3v) is 15.2. The Balaban J connectivity index is 1.85.